The van der Waals surface area contributed by atoms with Gasteiger partial charge in [0.2, 0.25) is 0 Å². The van der Waals surface area contributed by atoms with Gasteiger partial charge >= 0.3 is 12.2 Å². The van der Waals surface area contributed by atoms with E-state index in [1.54, 1.807) is 23.9 Å². The number of amides is 2. The van der Waals surface area contributed by atoms with E-state index in [0.717, 1.165) is 12.1 Å². The van der Waals surface area contributed by atoms with Crippen molar-refractivity contribution >= 4 is 17.4 Å². The van der Waals surface area contributed by atoms with Gasteiger partial charge < -0.3 is 24.6 Å². The Balaban J connectivity index is 1.79. The van der Waals surface area contributed by atoms with Gasteiger partial charge in [0.05, 0.1) is 36.7 Å². The number of carbonyl (C=O) groups is 1. The molecule has 2 aliphatic heterocycles. The van der Waals surface area contributed by atoms with Crippen molar-refractivity contribution in [2.24, 2.45) is 0 Å². The number of rotatable bonds is 2. The number of benzene rings is 1. The summed E-state index contributed by atoms with van der Waals surface area (Å²) < 4.78 is 50.2. The van der Waals surface area contributed by atoms with Crippen LogP contribution in [0.3, 0.4) is 0 Å². The fourth-order valence-electron chi connectivity index (χ4n) is 3.24. The predicted octanol–water partition coefficient (Wildman–Crippen LogP) is 2.79. The Morgan fingerprint density at radius 3 is 2.69 bits per heavy atom. The first kappa shape index (κ1) is 18.8. The number of morpholine rings is 1. The van der Waals surface area contributed by atoms with Crippen molar-refractivity contribution in [3.63, 3.8) is 0 Å². The van der Waals surface area contributed by atoms with Gasteiger partial charge in [-0.1, -0.05) is 0 Å². The summed E-state index contributed by atoms with van der Waals surface area (Å²) in [6.07, 6.45) is -3.78. The highest BCUT2D eigenvalue weighted by molar-refractivity contribution is 5.93. The zero-order valence-electron chi connectivity index (χ0n) is 14.7. The summed E-state index contributed by atoms with van der Waals surface area (Å²) in [5.74, 6) is 0. The molecule has 2 aliphatic rings. The minimum Gasteiger partial charge on any atom is -0.378 e. The highest BCUT2D eigenvalue weighted by atomic mass is 19.4. The highest BCUT2D eigenvalue weighted by Gasteiger charge is 2.42. The number of urea groups is 1. The van der Waals surface area contributed by atoms with Crippen molar-refractivity contribution in [2.45, 2.75) is 18.2 Å². The molecule has 1 atom stereocenters. The Labute approximate surface area is 149 Å². The molecule has 0 bridgehead atoms. The average Bonchev–Trinajstić information content (AvgIpc) is 3.01. The first-order valence-corrected chi connectivity index (χ1v) is 8.36. The summed E-state index contributed by atoms with van der Waals surface area (Å²) in [5.41, 5.74) is -0.689. The lowest BCUT2D eigenvalue weighted by molar-refractivity contribution is -0.137. The van der Waals surface area contributed by atoms with E-state index in [0.29, 0.717) is 45.0 Å². The molecule has 6 nitrogen and oxygen atoms in total. The first-order chi connectivity index (χ1) is 12.2. The number of carbonyl (C=O) groups excluding carboxylic acids is 1. The lowest BCUT2D eigenvalue weighted by Crippen LogP contribution is -2.55. The summed E-state index contributed by atoms with van der Waals surface area (Å²) in [6, 6.07) is 2.87. The van der Waals surface area contributed by atoms with Crippen LogP contribution >= 0.6 is 0 Å². The summed E-state index contributed by atoms with van der Waals surface area (Å²) in [6.45, 7) is 2.11. The molecule has 1 spiro atoms. The van der Waals surface area contributed by atoms with Crippen LogP contribution in [0, 0.1) is 0 Å². The minimum atomic E-state index is -4.48. The second kappa shape index (κ2) is 6.96. The maximum absolute atomic E-state index is 13.0. The van der Waals surface area contributed by atoms with Gasteiger partial charge in [0.25, 0.3) is 0 Å². The van der Waals surface area contributed by atoms with Crippen molar-refractivity contribution in [3.8, 4) is 0 Å². The normalized spacial score (nSPS) is 23.3. The summed E-state index contributed by atoms with van der Waals surface area (Å²) in [5, 5.41) is 2.63. The monoisotopic (exact) mass is 373 g/mol. The second-order valence-corrected chi connectivity index (χ2v) is 6.81. The lowest BCUT2D eigenvalue weighted by Gasteiger charge is -2.39. The molecule has 0 radical (unpaired) electrons. The van der Waals surface area contributed by atoms with Gasteiger partial charge in [-0.2, -0.15) is 13.2 Å². The van der Waals surface area contributed by atoms with Crippen molar-refractivity contribution in [1.82, 2.24) is 4.90 Å². The molecule has 2 heterocycles. The van der Waals surface area contributed by atoms with E-state index in [4.69, 9.17) is 9.47 Å². The molecule has 1 aromatic carbocycles. The largest absolute Gasteiger partial charge is 0.416 e. The molecule has 144 valence electrons. The van der Waals surface area contributed by atoms with E-state index in [9.17, 15) is 18.0 Å². The van der Waals surface area contributed by atoms with E-state index in [1.807, 2.05) is 0 Å². The number of ether oxygens (including phenoxy) is 2. The Bertz CT molecular complexity index is 673. The Hall–Kier alpha value is -2.00. The quantitative estimate of drug-likeness (QED) is 0.866. The molecule has 3 rings (SSSR count). The molecular formula is C17H22F3N3O3. The van der Waals surface area contributed by atoms with E-state index < -0.39 is 23.4 Å². The van der Waals surface area contributed by atoms with Gasteiger partial charge in [0, 0.05) is 33.7 Å². The second-order valence-electron chi connectivity index (χ2n) is 6.81. The van der Waals surface area contributed by atoms with Crippen molar-refractivity contribution in [3.05, 3.63) is 23.8 Å². The predicted molar refractivity (Wildman–Crippen MR) is 90.5 cm³/mol. The van der Waals surface area contributed by atoms with Crippen LogP contribution in [0.15, 0.2) is 18.2 Å². The molecular weight excluding hydrogens is 351 g/mol. The number of halogens is 3. The molecule has 26 heavy (non-hydrogen) atoms. The molecule has 2 fully saturated rings. The maximum Gasteiger partial charge on any atom is 0.416 e. The van der Waals surface area contributed by atoms with Gasteiger partial charge in [-0.3, -0.25) is 0 Å². The molecule has 0 saturated carbocycles. The van der Waals surface area contributed by atoms with Crippen LogP contribution in [0.5, 0.6) is 0 Å². The summed E-state index contributed by atoms with van der Waals surface area (Å²) in [4.78, 5) is 15.9. The average molecular weight is 373 g/mol. The van der Waals surface area contributed by atoms with Crippen LogP contribution in [-0.4, -0.2) is 63.5 Å². The van der Waals surface area contributed by atoms with Crippen molar-refractivity contribution in [1.29, 1.82) is 0 Å². The first-order valence-electron chi connectivity index (χ1n) is 8.36. The van der Waals surface area contributed by atoms with E-state index >= 15 is 0 Å². The Kier molecular flexibility index (Phi) is 5.03. The Morgan fingerprint density at radius 2 is 2.08 bits per heavy atom. The van der Waals surface area contributed by atoms with Crippen LogP contribution in [0.4, 0.5) is 29.3 Å². The van der Waals surface area contributed by atoms with Crippen LogP contribution in [-0.2, 0) is 15.7 Å². The SMILES string of the molecule is CN(C)c1ccc(C(F)(F)F)cc1NC(=O)N1CCOC2(CCOC2)C1. The molecule has 1 unspecified atom stereocenters. The molecule has 0 aromatic heterocycles. The lowest BCUT2D eigenvalue weighted by atomic mass is 10.0. The highest BCUT2D eigenvalue weighted by Crippen LogP contribution is 2.35. The number of nitrogens with zero attached hydrogens (tertiary/aromatic N) is 2. The number of anilines is 2. The molecule has 0 aliphatic carbocycles. The summed E-state index contributed by atoms with van der Waals surface area (Å²) >= 11 is 0. The van der Waals surface area contributed by atoms with E-state index in [-0.39, 0.29) is 5.69 Å². The summed E-state index contributed by atoms with van der Waals surface area (Å²) in [7, 11) is 3.41. The Morgan fingerprint density at radius 1 is 1.31 bits per heavy atom. The topological polar surface area (TPSA) is 54.0 Å². The minimum absolute atomic E-state index is 0.123. The molecule has 1 aromatic rings. The van der Waals surface area contributed by atoms with Gasteiger partial charge in [-0.05, 0) is 18.2 Å². The zero-order chi connectivity index (χ0) is 18.9. The standard InChI is InChI=1S/C17H22F3N3O3/c1-22(2)14-4-3-12(17(18,19)20)9-13(14)21-15(24)23-6-8-26-16(10-23)5-7-25-11-16/h3-4,9H,5-8,10-11H2,1-2H3,(H,21,24). The van der Waals surface area contributed by atoms with Gasteiger partial charge in [-0.25, -0.2) is 4.79 Å². The fourth-order valence-corrected chi connectivity index (χ4v) is 3.24. The van der Waals surface area contributed by atoms with Gasteiger partial charge in [0.1, 0.15) is 5.60 Å². The van der Waals surface area contributed by atoms with Crippen LogP contribution in [0.2, 0.25) is 0 Å². The third-order valence-corrected chi connectivity index (χ3v) is 4.65. The van der Waals surface area contributed by atoms with Crippen molar-refractivity contribution in [2.75, 3.05) is 57.2 Å². The smallest absolute Gasteiger partial charge is 0.378 e. The number of alkyl halides is 3. The van der Waals surface area contributed by atoms with Crippen LogP contribution < -0.4 is 10.2 Å². The fraction of sp³-hybridized carbons (Fsp3) is 0.588. The van der Waals surface area contributed by atoms with Gasteiger partial charge in [-0.15, -0.1) is 0 Å². The third kappa shape index (κ3) is 3.88. The molecule has 2 saturated heterocycles. The molecule has 9 heteroatoms. The molecule has 1 N–H and O–H groups in total. The number of hydrogen-bond acceptors (Lipinski definition) is 4. The van der Waals surface area contributed by atoms with E-state index in [2.05, 4.69) is 5.32 Å². The van der Waals surface area contributed by atoms with Gasteiger partial charge in [0.15, 0.2) is 0 Å². The van der Waals surface area contributed by atoms with Crippen LogP contribution in [0.25, 0.3) is 0 Å². The van der Waals surface area contributed by atoms with Crippen molar-refractivity contribution < 1.29 is 27.4 Å². The third-order valence-electron chi connectivity index (χ3n) is 4.65. The number of nitrogens with one attached hydrogen (secondary N) is 1. The van der Waals surface area contributed by atoms with Crippen LogP contribution in [0.1, 0.15) is 12.0 Å². The maximum atomic E-state index is 13.0. The zero-order valence-corrected chi connectivity index (χ0v) is 14.7. The number of hydrogen-bond donors (Lipinski definition) is 1. The van der Waals surface area contributed by atoms with E-state index in [1.165, 1.54) is 6.07 Å². The molecule has 2 amide bonds.